The van der Waals surface area contributed by atoms with Gasteiger partial charge in [-0.05, 0) is 37.5 Å². The molecule has 0 bridgehead atoms. The summed E-state index contributed by atoms with van der Waals surface area (Å²) in [5.41, 5.74) is 13.2. The number of rotatable bonds is 6. The van der Waals surface area contributed by atoms with Crippen LogP contribution in [0.15, 0.2) is 24.4 Å². The van der Waals surface area contributed by atoms with Gasteiger partial charge in [0.1, 0.15) is 0 Å². The molecule has 2 atom stereocenters. The van der Waals surface area contributed by atoms with E-state index in [1.165, 1.54) is 0 Å². The smallest absolute Gasteiger partial charge is 0.273 e. The van der Waals surface area contributed by atoms with Crippen molar-refractivity contribution >= 4 is 34.3 Å². The summed E-state index contributed by atoms with van der Waals surface area (Å²) >= 11 is 0. The van der Waals surface area contributed by atoms with Crippen molar-refractivity contribution in [3.8, 4) is 0 Å². The number of nitrogens with zero attached hydrogens (tertiary/aromatic N) is 5. The Balaban J connectivity index is 1.39. The van der Waals surface area contributed by atoms with Crippen molar-refractivity contribution in [1.29, 1.82) is 0 Å². The van der Waals surface area contributed by atoms with Gasteiger partial charge in [-0.15, -0.1) is 10.2 Å². The van der Waals surface area contributed by atoms with Crippen LogP contribution in [-0.4, -0.2) is 69.4 Å². The molecule has 2 saturated heterocycles. The molecule has 4 heterocycles. The number of hydrogen-bond acceptors (Lipinski definition) is 10. The molecule has 12 nitrogen and oxygen atoms in total. The second-order valence-electron chi connectivity index (χ2n) is 8.33. The molecule has 1 amide bonds. The van der Waals surface area contributed by atoms with Gasteiger partial charge < -0.3 is 31.6 Å². The number of anilines is 3. The Morgan fingerprint density at radius 2 is 1.94 bits per heavy atom. The van der Waals surface area contributed by atoms with E-state index in [9.17, 15) is 4.79 Å². The van der Waals surface area contributed by atoms with Gasteiger partial charge in [-0.25, -0.2) is 0 Å². The number of nitrogens with two attached hydrogens (primary N) is 2. The van der Waals surface area contributed by atoms with E-state index in [-0.39, 0.29) is 29.5 Å². The van der Waals surface area contributed by atoms with Crippen molar-refractivity contribution in [3.05, 3.63) is 30.1 Å². The topological polar surface area (TPSA) is 168 Å². The Hall–Kier alpha value is -3.35. The van der Waals surface area contributed by atoms with Crippen molar-refractivity contribution in [2.24, 2.45) is 11.5 Å². The molecule has 33 heavy (non-hydrogen) atoms. The van der Waals surface area contributed by atoms with E-state index in [2.05, 4.69) is 25.8 Å². The van der Waals surface area contributed by atoms with Gasteiger partial charge in [0, 0.05) is 49.2 Å². The molecule has 2 aliphatic rings. The average Bonchev–Trinajstić information content (AvgIpc) is 3.25. The normalized spacial score (nSPS) is 21.7. The predicted octanol–water partition coefficient (Wildman–Crippen LogP) is 0.943. The first-order valence-electron chi connectivity index (χ1n) is 11.0. The van der Waals surface area contributed by atoms with Gasteiger partial charge in [-0.1, -0.05) is 0 Å². The SMILES string of the molecule is NC(=O)c1nnc(N[C@@H]2CCOC[C@@H]2N)nc1Nc1ccc2nn(C3CCOCC3)cc2c1. The van der Waals surface area contributed by atoms with Crippen molar-refractivity contribution in [3.63, 3.8) is 0 Å². The van der Waals surface area contributed by atoms with Gasteiger partial charge >= 0.3 is 0 Å². The van der Waals surface area contributed by atoms with Crippen molar-refractivity contribution in [2.75, 3.05) is 37.1 Å². The molecule has 2 aliphatic heterocycles. The summed E-state index contributed by atoms with van der Waals surface area (Å²) in [6.07, 6.45) is 4.64. The number of nitrogens with one attached hydrogen (secondary N) is 2. The molecule has 0 aliphatic carbocycles. The largest absolute Gasteiger partial charge is 0.381 e. The number of carbonyl (C=O) groups is 1. The molecule has 6 N–H and O–H groups in total. The molecular formula is C21H27N9O3. The Morgan fingerprint density at radius 3 is 2.73 bits per heavy atom. The van der Waals surface area contributed by atoms with Gasteiger partial charge in [-0.2, -0.15) is 10.1 Å². The molecule has 2 fully saturated rings. The van der Waals surface area contributed by atoms with E-state index >= 15 is 0 Å². The minimum atomic E-state index is -0.722. The van der Waals surface area contributed by atoms with Crippen LogP contribution in [0.2, 0.25) is 0 Å². The Kier molecular flexibility index (Phi) is 6.03. The number of hydrogen-bond donors (Lipinski definition) is 4. The number of ether oxygens (including phenoxy) is 2. The first-order chi connectivity index (χ1) is 16.1. The zero-order valence-corrected chi connectivity index (χ0v) is 18.1. The van der Waals surface area contributed by atoms with Crippen LogP contribution in [-0.2, 0) is 9.47 Å². The van der Waals surface area contributed by atoms with Crippen molar-refractivity contribution in [2.45, 2.75) is 37.4 Å². The van der Waals surface area contributed by atoms with Crippen molar-refractivity contribution in [1.82, 2.24) is 25.0 Å². The number of aromatic nitrogens is 5. The highest BCUT2D eigenvalue weighted by atomic mass is 16.5. The zero-order chi connectivity index (χ0) is 22.8. The van der Waals surface area contributed by atoms with Crippen LogP contribution in [0.1, 0.15) is 35.8 Å². The highest BCUT2D eigenvalue weighted by molar-refractivity contribution is 5.96. The summed E-state index contributed by atoms with van der Waals surface area (Å²) < 4.78 is 12.8. The van der Waals surface area contributed by atoms with Crippen LogP contribution in [0.5, 0.6) is 0 Å². The Labute approximate surface area is 190 Å². The number of fused-ring (bicyclic) bond motifs is 1. The number of carbonyl (C=O) groups excluding carboxylic acids is 1. The van der Waals surface area contributed by atoms with Crippen LogP contribution in [0.25, 0.3) is 10.9 Å². The van der Waals surface area contributed by atoms with Gasteiger partial charge in [-0.3, -0.25) is 9.48 Å². The van der Waals surface area contributed by atoms with E-state index < -0.39 is 5.91 Å². The van der Waals surface area contributed by atoms with Crippen LogP contribution in [0.3, 0.4) is 0 Å². The minimum absolute atomic E-state index is 0.0465. The summed E-state index contributed by atoms with van der Waals surface area (Å²) in [7, 11) is 0. The second-order valence-corrected chi connectivity index (χ2v) is 8.33. The molecule has 0 saturated carbocycles. The lowest BCUT2D eigenvalue weighted by Gasteiger charge is -2.29. The van der Waals surface area contributed by atoms with Gasteiger partial charge in [0.05, 0.1) is 18.2 Å². The standard InChI is InChI=1S/C21H27N9O3/c22-15-11-33-8-5-17(15)25-21-26-20(18(19(23)31)27-28-21)24-13-1-2-16-12(9-13)10-30(29-16)14-3-6-32-7-4-14/h1-2,9-10,14-15,17H,3-8,11,22H2,(H2,23,31)(H2,24,25,26,28)/t15-,17+/m0/s1. The number of primary amides is 1. The molecular weight excluding hydrogens is 426 g/mol. The van der Waals surface area contributed by atoms with Crippen LogP contribution in [0.4, 0.5) is 17.5 Å². The predicted molar refractivity (Wildman–Crippen MR) is 121 cm³/mol. The third-order valence-corrected chi connectivity index (χ3v) is 5.98. The molecule has 5 rings (SSSR count). The van der Waals surface area contributed by atoms with E-state index in [4.69, 9.17) is 26.0 Å². The molecule has 2 aromatic heterocycles. The Morgan fingerprint density at radius 1 is 1.12 bits per heavy atom. The monoisotopic (exact) mass is 453 g/mol. The summed E-state index contributed by atoms with van der Waals surface area (Å²) in [5.74, 6) is -0.240. The van der Waals surface area contributed by atoms with Gasteiger partial charge in [0.25, 0.3) is 5.91 Å². The Bertz CT molecular complexity index is 1150. The molecule has 1 aromatic carbocycles. The molecule has 3 aromatic rings. The lowest BCUT2D eigenvalue weighted by Crippen LogP contribution is -2.48. The number of amides is 1. The summed E-state index contributed by atoms with van der Waals surface area (Å²) in [6, 6.07) is 5.83. The maximum atomic E-state index is 11.9. The highest BCUT2D eigenvalue weighted by Gasteiger charge is 2.24. The summed E-state index contributed by atoms with van der Waals surface area (Å²) in [5, 5.41) is 20.0. The maximum Gasteiger partial charge on any atom is 0.273 e. The number of benzene rings is 1. The molecule has 0 radical (unpaired) electrons. The minimum Gasteiger partial charge on any atom is -0.381 e. The first kappa shape index (κ1) is 21.5. The van der Waals surface area contributed by atoms with Crippen LogP contribution >= 0.6 is 0 Å². The average molecular weight is 454 g/mol. The van der Waals surface area contributed by atoms with Gasteiger partial charge in [0.15, 0.2) is 11.5 Å². The fraction of sp³-hybridized carbons (Fsp3) is 0.476. The fourth-order valence-corrected chi connectivity index (χ4v) is 4.14. The maximum absolute atomic E-state index is 11.9. The molecule has 174 valence electrons. The van der Waals surface area contributed by atoms with E-state index in [1.54, 1.807) is 0 Å². The van der Waals surface area contributed by atoms with Crippen LogP contribution < -0.4 is 22.1 Å². The lowest BCUT2D eigenvalue weighted by atomic mass is 10.1. The molecule has 12 heteroatoms. The second kappa shape index (κ2) is 9.25. The van der Waals surface area contributed by atoms with Crippen molar-refractivity contribution < 1.29 is 14.3 Å². The quantitative estimate of drug-likeness (QED) is 0.421. The summed E-state index contributed by atoms with van der Waals surface area (Å²) in [6.45, 7) is 2.56. The third kappa shape index (κ3) is 4.72. The van der Waals surface area contributed by atoms with E-state index in [0.29, 0.717) is 19.3 Å². The highest BCUT2D eigenvalue weighted by Crippen LogP contribution is 2.26. The first-order valence-corrected chi connectivity index (χ1v) is 11.0. The lowest BCUT2D eigenvalue weighted by molar-refractivity contribution is 0.0664. The van der Waals surface area contributed by atoms with E-state index in [1.807, 2.05) is 29.1 Å². The summed E-state index contributed by atoms with van der Waals surface area (Å²) in [4.78, 5) is 16.4. The van der Waals surface area contributed by atoms with E-state index in [0.717, 1.165) is 49.1 Å². The zero-order valence-electron chi connectivity index (χ0n) is 18.1. The molecule has 0 unspecified atom stereocenters. The third-order valence-electron chi connectivity index (χ3n) is 5.98. The van der Waals surface area contributed by atoms with Crippen LogP contribution in [0, 0.1) is 0 Å². The fourth-order valence-electron chi connectivity index (χ4n) is 4.14. The molecule has 0 spiro atoms. The van der Waals surface area contributed by atoms with Gasteiger partial charge in [0.2, 0.25) is 5.95 Å².